The fourth-order valence-electron chi connectivity index (χ4n) is 3.68. The molecular weight excluding hydrogens is 220 g/mol. The van der Waals surface area contributed by atoms with E-state index in [0.717, 1.165) is 17.4 Å². The van der Waals surface area contributed by atoms with Crippen LogP contribution < -0.4 is 0 Å². The number of benzene rings is 2. The predicted octanol–water partition coefficient (Wildman–Crippen LogP) is 3.92. The Morgan fingerprint density at radius 2 is 1.61 bits per heavy atom. The molecule has 0 amide bonds. The van der Waals surface area contributed by atoms with Gasteiger partial charge in [0.15, 0.2) is 0 Å². The van der Waals surface area contributed by atoms with Crippen molar-refractivity contribution in [3.8, 4) is 0 Å². The Bertz CT molecular complexity index is 579. The summed E-state index contributed by atoms with van der Waals surface area (Å²) in [7, 11) is 0. The maximum absolute atomic E-state index is 10.5. The maximum atomic E-state index is 10.5. The molecule has 92 valence electrons. The number of fused-ring (bicyclic) bond motifs is 2. The first kappa shape index (κ1) is 10.6. The molecule has 0 radical (unpaired) electrons. The highest BCUT2D eigenvalue weighted by molar-refractivity contribution is 5.83. The lowest BCUT2D eigenvalue weighted by molar-refractivity contribution is 0.104. The fraction of sp³-hybridized carbons (Fsp3) is 0.412. The van der Waals surface area contributed by atoms with Crippen LogP contribution in [0.3, 0.4) is 0 Å². The van der Waals surface area contributed by atoms with Gasteiger partial charge in [-0.25, -0.2) is 0 Å². The molecule has 1 N–H and O–H groups in total. The zero-order chi connectivity index (χ0) is 12.1. The number of aliphatic hydroxyl groups is 1. The number of hydrogen-bond donors (Lipinski definition) is 1. The monoisotopic (exact) mass is 238 g/mol. The summed E-state index contributed by atoms with van der Waals surface area (Å²) in [5.41, 5.74) is 1.10. The SMILES string of the molecule is OC(c1ccc2ccccc2c1)C1CC2CC2C1. The summed E-state index contributed by atoms with van der Waals surface area (Å²) in [4.78, 5) is 0. The van der Waals surface area contributed by atoms with Crippen molar-refractivity contribution in [3.05, 3.63) is 48.0 Å². The minimum Gasteiger partial charge on any atom is -0.388 e. The van der Waals surface area contributed by atoms with Gasteiger partial charge in [0.05, 0.1) is 6.10 Å². The van der Waals surface area contributed by atoms with Crippen molar-refractivity contribution >= 4 is 10.8 Å². The van der Waals surface area contributed by atoms with E-state index in [9.17, 15) is 5.11 Å². The van der Waals surface area contributed by atoms with Gasteiger partial charge in [-0.3, -0.25) is 0 Å². The van der Waals surface area contributed by atoms with E-state index in [1.54, 1.807) is 0 Å². The van der Waals surface area contributed by atoms with Crippen molar-refractivity contribution in [1.82, 2.24) is 0 Å². The fourth-order valence-corrected chi connectivity index (χ4v) is 3.68. The number of aliphatic hydroxyl groups excluding tert-OH is 1. The smallest absolute Gasteiger partial charge is 0.0818 e. The normalized spacial score (nSPS) is 31.3. The molecule has 2 aromatic carbocycles. The molecule has 2 aromatic rings. The van der Waals surface area contributed by atoms with Crippen LogP contribution in [0.4, 0.5) is 0 Å². The third kappa shape index (κ3) is 1.65. The lowest BCUT2D eigenvalue weighted by Gasteiger charge is -2.20. The Kier molecular flexibility index (Phi) is 2.25. The van der Waals surface area contributed by atoms with Crippen LogP contribution in [0.15, 0.2) is 42.5 Å². The third-order valence-electron chi connectivity index (χ3n) is 4.84. The van der Waals surface area contributed by atoms with E-state index in [2.05, 4.69) is 42.5 Å². The lowest BCUT2D eigenvalue weighted by Crippen LogP contribution is -2.10. The van der Waals surface area contributed by atoms with Gasteiger partial charge in [-0.05, 0) is 59.4 Å². The van der Waals surface area contributed by atoms with Gasteiger partial charge in [-0.15, -0.1) is 0 Å². The van der Waals surface area contributed by atoms with Gasteiger partial charge in [0.2, 0.25) is 0 Å². The number of hydrogen-bond acceptors (Lipinski definition) is 1. The predicted molar refractivity (Wildman–Crippen MR) is 73.2 cm³/mol. The highest BCUT2D eigenvalue weighted by Gasteiger charge is 2.47. The third-order valence-corrected chi connectivity index (χ3v) is 4.84. The molecule has 4 rings (SSSR count). The summed E-state index contributed by atoms with van der Waals surface area (Å²) >= 11 is 0. The average molecular weight is 238 g/mol. The topological polar surface area (TPSA) is 20.2 Å². The zero-order valence-electron chi connectivity index (χ0n) is 10.4. The molecule has 2 aliphatic rings. The molecular formula is C17H18O. The minimum atomic E-state index is -0.262. The second kappa shape index (κ2) is 3.83. The van der Waals surface area contributed by atoms with Crippen LogP contribution in [0.25, 0.3) is 10.8 Å². The van der Waals surface area contributed by atoms with Crippen molar-refractivity contribution in [1.29, 1.82) is 0 Å². The van der Waals surface area contributed by atoms with Gasteiger partial charge >= 0.3 is 0 Å². The summed E-state index contributed by atoms with van der Waals surface area (Å²) in [6.07, 6.45) is 3.63. The van der Waals surface area contributed by atoms with Crippen LogP contribution in [0.5, 0.6) is 0 Å². The summed E-state index contributed by atoms with van der Waals surface area (Å²) in [5.74, 6) is 2.37. The summed E-state index contributed by atoms with van der Waals surface area (Å²) in [6, 6.07) is 14.7. The Labute approximate surface area is 107 Å². The molecule has 0 aliphatic heterocycles. The second-order valence-corrected chi connectivity index (χ2v) is 6.04. The molecule has 0 heterocycles. The Hall–Kier alpha value is -1.34. The van der Waals surface area contributed by atoms with Gasteiger partial charge in [-0.2, -0.15) is 0 Å². The van der Waals surface area contributed by atoms with Crippen molar-refractivity contribution < 1.29 is 5.11 Å². The average Bonchev–Trinajstić information content (AvgIpc) is 3.04. The number of rotatable bonds is 2. The van der Waals surface area contributed by atoms with E-state index < -0.39 is 0 Å². The first-order valence-corrected chi connectivity index (χ1v) is 6.98. The highest BCUT2D eigenvalue weighted by atomic mass is 16.3. The van der Waals surface area contributed by atoms with Gasteiger partial charge in [0, 0.05) is 0 Å². The van der Waals surface area contributed by atoms with Crippen LogP contribution >= 0.6 is 0 Å². The maximum Gasteiger partial charge on any atom is 0.0818 e. The molecule has 0 spiro atoms. The summed E-state index contributed by atoms with van der Waals surface area (Å²) in [5, 5.41) is 13.0. The molecule has 0 aromatic heterocycles. The molecule has 1 nitrogen and oxygen atoms in total. The largest absolute Gasteiger partial charge is 0.388 e. The molecule has 3 atom stereocenters. The summed E-state index contributed by atoms with van der Waals surface area (Å²) in [6.45, 7) is 0. The first-order chi connectivity index (χ1) is 8.81. The van der Waals surface area contributed by atoms with Crippen LogP contribution in [-0.4, -0.2) is 5.11 Å². The molecule has 3 unspecified atom stereocenters. The second-order valence-electron chi connectivity index (χ2n) is 6.04. The quantitative estimate of drug-likeness (QED) is 0.840. The van der Waals surface area contributed by atoms with Crippen LogP contribution in [0.1, 0.15) is 30.9 Å². The van der Waals surface area contributed by atoms with E-state index in [0.29, 0.717) is 5.92 Å². The van der Waals surface area contributed by atoms with Crippen LogP contribution in [-0.2, 0) is 0 Å². The van der Waals surface area contributed by atoms with Gasteiger partial charge < -0.3 is 5.11 Å². The van der Waals surface area contributed by atoms with Crippen LogP contribution in [0, 0.1) is 17.8 Å². The van der Waals surface area contributed by atoms with Crippen molar-refractivity contribution in [2.75, 3.05) is 0 Å². The van der Waals surface area contributed by atoms with E-state index in [1.165, 1.54) is 30.0 Å². The Morgan fingerprint density at radius 1 is 0.889 bits per heavy atom. The van der Waals surface area contributed by atoms with Crippen molar-refractivity contribution in [2.24, 2.45) is 17.8 Å². The molecule has 18 heavy (non-hydrogen) atoms. The molecule has 2 saturated carbocycles. The molecule has 2 aliphatic carbocycles. The van der Waals surface area contributed by atoms with Gasteiger partial charge in [0.25, 0.3) is 0 Å². The van der Waals surface area contributed by atoms with E-state index >= 15 is 0 Å². The van der Waals surface area contributed by atoms with E-state index in [1.807, 2.05) is 0 Å². The minimum absolute atomic E-state index is 0.262. The Morgan fingerprint density at radius 3 is 2.39 bits per heavy atom. The van der Waals surface area contributed by atoms with Crippen LogP contribution in [0.2, 0.25) is 0 Å². The lowest BCUT2D eigenvalue weighted by atomic mass is 9.90. The van der Waals surface area contributed by atoms with E-state index in [-0.39, 0.29) is 6.10 Å². The standard InChI is InChI=1S/C17H18O/c18-17(16-9-14-8-15(14)10-16)13-6-5-11-3-1-2-4-12(11)7-13/h1-7,14-18H,8-10H2. The summed E-state index contributed by atoms with van der Waals surface area (Å²) < 4.78 is 0. The molecule has 0 saturated heterocycles. The van der Waals surface area contributed by atoms with Crippen molar-refractivity contribution in [3.63, 3.8) is 0 Å². The molecule has 2 fully saturated rings. The first-order valence-electron chi connectivity index (χ1n) is 6.98. The van der Waals surface area contributed by atoms with Gasteiger partial charge in [0.1, 0.15) is 0 Å². The highest BCUT2D eigenvalue weighted by Crippen LogP contribution is 2.57. The van der Waals surface area contributed by atoms with Crippen molar-refractivity contribution in [2.45, 2.75) is 25.4 Å². The molecule has 1 heteroatoms. The van der Waals surface area contributed by atoms with Gasteiger partial charge in [-0.1, -0.05) is 36.4 Å². The zero-order valence-corrected chi connectivity index (χ0v) is 10.4. The molecule has 0 bridgehead atoms. The van der Waals surface area contributed by atoms with E-state index in [4.69, 9.17) is 0 Å². The Balaban J connectivity index is 1.65.